The SMILES string of the molecule is C=CCC1(C(=O)N(C)Cc2ccc(OCC(=O)O)cc2)CCC1. The lowest BCUT2D eigenvalue weighted by molar-refractivity contribution is -0.146. The van der Waals surface area contributed by atoms with Crippen LogP contribution in [0, 0.1) is 5.41 Å². The molecule has 2 rings (SSSR count). The van der Waals surface area contributed by atoms with Gasteiger partial charge in [-0.3, -0.25) is 4.79 Å². The number of carboxylic acids is 1. The third kappa shape index (κ3) is 4.12. The number of ether oxygens (including phenoxy) is 1. The monoisotopic (exact) mass is 317 g/mol. The number of allylic oxidation sites excluding steroid dienone is 1. The third-order valence-corrected chi connectivity index (χ3v) is 4.35. The second-order valence-corrected chi connectivity index (χ2v) is 6.11. The summed E-state index contributed by atoms with van der Waals surface area (Å²) in [6, 6.07) is 7.14. The summed E-state index contributed by atoms with van der Waals surface area (Å²) in [6.45, 7) is 3.93. The Labute approximate surface area is 136 Å². The number of benzene rings is 1. The molecule has 23 heavy (non-hydrogen) atoms. The van der Waals surface area contributed by atoms with Crippen molar-refractivity contribution in [3.63, 3.8) is 0 Å². The van der Waals surface area contributed by atoms with Crippen molar-refractivity contribution >= 4 is 11.9 Å². The molecule has 1 amide bonds. The number of hydrogen-bond acceptors (Lipinski definition) is 3. The van der Waals surface area contributed by atoms with Crippen molar-refractivity contribution in [1.82, 2.24) is 4.90 Å². The zero-order valence-electron chi connectivity index (χ0n) is 13.5. The summed E-state index contributed by atoms with van der Waals surface area (Å²) in [7, 11) is 1.82. The maximum Gasteiger partial charge on any atom is 0.341 e. The van der Waals surface area contributed by atoms with E-state index in [1.807, 2.05) is 25.3 Å². The summed E-state index contributed by atoms with van der Waals surface area (Å²) >= 11 is 0. The summed E-state index contributed by atoms with van der Waals surface area (Å²) in [6.07, 6.45) is 5.54. The van der Waals surface area contributed by atoms with Crippen molar-refractivity contribution in [2.75, 3.05) is 13.7 Å². The van der Waals surface area contributed by atoms with Crippen LogP contribution in [-0.2, 0) is 16.1 Å². The van der Waals surface area contributed by atoms with E-state index in [1.165, 1.54) is 0 Å². The summed E-state index contributed by atoms with van der Waals surface area (Å²) in [4.78, 5) is 24.9. The van der Waals surface area contributed by atoms with Crippen molar-refractivity contribution in [2.45, 2.75) is 32.2 Å². The van der Waals surface area contributed by atoms with Crippen LogP contribution in [0.25, 0.3) is 0 Å². The third-order valence-electron chi connectivity index (χ3n) is 4.35. The highest BCUT2D eigenvalue weighted by atomic mass is 16.5. The molecule has 5 heteroatoms. The van der Waals surface area contributed by atoms with Gasteiger partial charge in [-0.05, 0) is 37.0 Å². The van der Waals surface area contributed by atoms with Crippen LogP contribution in [0.15, 0.2) is 36.9 Å². The Balaban J connectivity index is 1.94. The van der Waals surface area contributed by atoms with Gasteiger partial charge in [0.2, 0.25) is 5.91 Å². The van der Waals surface area contributed by atoms with Crippen LogP contribution < -0.4 is 4.74 Å². The Morgan fingerprint density at radius 2 is 2.00 bits per heavy atom. The summed E-state index contributed by atoms with van der Waals surface area (Å²) < 4.78 is 5.10. The molecule has 5 nitrogen and oxygen atoms in total. The maximum atomic E-state index is 12.7. The van der Waals surface area contributed by atoms with Gasteiger partial charge < -0.3 is 14.7 Å². The van der Waals surface area contributed by atoms with Crippen LogP contribution in [-0.4, -0.2) is 35.5 Å². The van der Waals surface area contributed by atoms with E-state index in [9.17, 15) is 9.59 Å². The topological polar surface area (TPSA) is 66.8 Å². The number of rotatable bonds is 8. The van der Waals surface area contributed by atoms with Crippen LogP contribution in [0.4, 0.5) is 0 Å². The highest BCUT2D eigenvalue weighted by molar-refractivity contribution is 5.83. The van der Waals surface area contributed by atoms with Gasteiger partial charge in [0, 0.05) is 13.6 Å². The van der Waals surface area contributed by atoms with Crippen molar-refractivity contribution in [1.29, 1.82) is 0 Å². The number of aliphatic carboxylic acids is 1. The van der Waals surface area contributed by atoms with Crippen LogP contribution in [0.5, 0.6) is 5.75 Å². The first-order valence-corrected chi connectivity index (χ1v) is 7.77. The van der Waals surface area contributed by atoms with Gasteiger partial charge in [-0.25, -0.2) is 4.79 Å². The molecule has 0 unspecified atom stereocenters. The Morgan fingerprint density at radius 1 is 1.35 bits per heavy atom. The molecule has 1 aliphatic rings. The number of hydrogen-bond donors (Lipinski definition) is 1. The Bertz CT molecular complexity index is 575. The molecule has 0 radical (unpaired) electrons. The molecular formula is C18H23NO4. The van der Waals surface area contributed by atoms with E-state index < -0.39 is 5.97 Å². The van der Waals surface area contributed by atoms with Crippen LogP contribution in [0.2, 0.25) is 0 Å². The number of carboxylic acid groups (broad SMARTS) is 1. The van der Waals surface area contributed by atoms with Crippen LogP contribution in [0.3, 0.4) is 0 Å². The van der Waals surface area contributed by atoms with Gasteiger partial charge in [0.25, 0.3) is 0 Å². The normalized spacial score (nSPS) is 15.3. The molecule has 1 N–H and O–H groups in total. The Hall–Kier alpha value is -2.30. The van der Waals surface area contributed by atoms with Crippen molar-refractivity contribution in [3.8, 4) is 5.75 Å². The van der Waals surface area contributed by atoms with Gasteiger partial charge in [-0.2, -0.15) is 0 Å². The van der Waals surface area contributed by atoms with E-state index in [4.69, 9.17) is 9.84 Å². The molecule has 0 bridgehead atoms. The Kier molecular flexibility index (Phi) is 5.42. The van der Waals surface area contributed by atoms with E-state index in [0.29, 0.717) is 12.3 Å². The summed E-state index contributed by atoms with van der Waals surface area (Å²) in [5.41, 5.74) is 0.734. The first-order valence-electron chi connectivity index (χ1n) is 7.77. The molecule has 0 spiro atoms. The fraction of sp³-hybridized carbons (Fsp3) is 0.444. The minimum absolute atomic E-state index is 0.176. The van der Waals surface area contributed by atoms with Crippen LogP contribution in [0.1, 0.15) is 31.2 Å². The number of carbonyl (C=O) groups excluding carboxylic acids is 1. The van der Waals surface area contributed by atoms with Gasteiger partial charge in [0.1, 0.15) is 5.75 Å². The predicted molar refractivity (Wildman–Crippen MR) is 87.1 cm³/mol. The second-order valence-electron chi connectivity index (χ2n) is 6.11. The van der Waals surface area contributed by atoms with E-state index in [1.54, 1.807) is 17.0 Å². The van der Waals surface area contributed by atoms with Gasteiger partial charge in [-0.1, -0.05) is 24.6 Å². The summed E-state index contributed by atoms with van der Waals surface area (Å²) in [5.74, 6) is -0.325. The lowest BCUT2D eigenvalue weighted by atomic mass is 9.65. The average Bonchev–Trinajstić information content (AvgIpc) is 2.49. The quantitative estimate of drug-likeness (QED) is 0.749. The standard InChI is InChI=1S/C18H23NO4/c1-3-9-18(10-4-11-18)17(22)19(2)12-14-5-7-15(8-6-14)23-13-16(20)21/h3,5-8H,1,4,9-13H2,2H3,(H,20,21). The van der Waals surface area contributed by atoms with Crippen molar-refractivity contribution < 1.29 is 19.4 Å². The van der Waals surface area contributed by atoms with Gasteiger partial charge in [-0.15, -0.1) is 6.58 Å². The number of amides is 1. The van der Waals surface area contributed by atoms with E-state index in [0.717, 1.165) is 31.2 Å². The molecular weight excluding hydrogens is 294 g/mol. The second kappa shape index (κ2) is 7.31. The van der Waals surface area contributed by atoms with Crippen molar-refractivity contribution in [3.05, 3.63) is 42.5 Å². The average molecular weight is 317 g/mol. The molecule has 0 aromatic heterocycles. The number of nitrogens with zero attached hydrogens (tertiary/aromatic N) is 1. The minimum Gasteiger partial charge on any atom is -0.482 e. The molecule has 1 aromatic rings. The maximum absolute atomic E-state index is 12.7. The fourth-order valence-electron chi connectivity index (χ4n) is 2.97. The number of carbonyl (C=O) groups is 2. The highest BCUT2D eigenvalue weighted by Gasteiger charge is 2.44. The van der Waals surface area contributed by atoms with Gasteiger partial charge in [0.15, 0.2) is 6.61 Å². The molecule has 0 heterocycles. The smallest absolute Gasteiger partial charge is 0.341 e. The molecule has 0 aliphatic heterocycles. The largest absolute Gasteiger partial charge is 0.482 e. The molecule has 124 valence electrons. The lowest BCUT2D eigenvalue weighted by Crippen LogP contribution is -2.45. The molecule has 1 aliphatic carbocycles. The summed E-state index contributed by atoms with van der Waals surface area (Å²) in [5, 5.41) is 8.58. The predicted octanol–water partition coefficient (Wildman–Crippen LogP) is 2.85. The first-order chi connectivity index (χ1) is 11.0. The minimum atomic E-state index is -1.01. The van der Waals surface area contributed by atoms with Crippen LogP contribution >= 0.6 is 0 Å². The fourth-order valence-corrected chi connectivity index (χ4v) is 2.97. The Morgan fingerprint density at radius 3 is 2.48 bits per heavy atom. The van der Waals surface area contributed by atoms with E-state index in [-0.39, 0.29) is 17.9 Å². The van der Waals surface area contributed by atoms with Gasteiger partial charge in [0.05, 0.1) is 5.41 Å². The molecule has 0 saturated heterocycles. The van der Waals surface area contributed by atoms with Crippen molar-refractivity contribution in [2.24, 2.45) is 5.41 Å². The first kappa shape index (κ1) is 17.1. The zero-order valence-corrected chi connectivity index (χ0v) is 13.5. The highest BCUT2D eigenvalue weighted by Crippen LogP contribution is 2.45. The van der Waals surface area contributed by atoms with Gasteiger partial charge >= 0.3 is 5.97 Å². The molecule has 1 fully saturated rings. The molecule has 0 atom stereocenters. The van der Waals surface area contributed by atoms with E-state index >= 15 is 0 Å². The zero-order chi connectivity index (χ0) is 16.9. The lowest BCUT2D eigenvalue weighted by Gasteiger charge is -2.42. The molecule has 1 saturated carbocycles. The van der Waals surface area contributed by atoms with E-state index in [2.05, 4.69) is 6.58 Å². The molecule has 1 aromatic carbocycles.